The van der Waals surface area contributed by atoms with Crippen molar-refractivity contribution >= 4 is 33.9 Å². The molecule has 2 heterocycles. The number of thiazole rings is 1. The molecule has 6 nitrogen and oxygen atoms in total. The van der Waals surface area contributed by atoms with Crippen molar-refractivity contribution < 1.29 is 19.4 Å². The average molecular weight is 525 g/mol. The smallest absolute Gasteiger partial charge is 0.301 e. The van der Waals surface area contributed by atoms with E-state index in [9.17, 15) is 14.7 Å². The topological polar surface area (TPSA) is 79.7 Å². The third kappa shape index (κ3) is 4.97. The van der Waals surface area contributed by atoms with Crippen molar-refractivity contribution in [1.82, 2.24) is 4.98 Å². The Morgan fingerprint density at radius 3 is 2.42 bits per heavy atom. The first-order valence-electron chi connectivity index (χ1n) is 12.4. The molecule has 4 aromatic rings. The molecule has 3 aromatic carbocycles. The van der Waals surface area contributed by atoms with Gasteiger partial charge in [-0.05, 0) is 53.8 Å². The fourth-order valence-electron chi connectivity index (χ4n) is 4.58. The van der Waals surface area contributed by atoms with Crippen LogP contribution in [0.25, 0.3) is 5.76 Å². The molecule has 1 aliphatic rings. The first kappa shape index (κ1) is 25.4. The Morgan fingerprint density at radius 1 is 1.05 bits per heavy atom. The third-order valence-corrected chi connectivity index (χ3v) is 7.38. The molecule has 0 unspecified atom stereocenters. The summed E-state index contributed by atoms with van der Waals surface area (Å²) in [6.07, 6.45) is 1.59. The van der Waals surface area contributed by atoms with Gasteiger partial charge in [0.2, 0.25) is 0 Å². The van der Waals surface area contributed by atoms with E-state index in [1.165, 1.54) is 16.2 Å². The third-order valence-electron chi connectivity index (χ3n) is 6.60. The van der Waals surface area contributed by atoms with Crippen LogP contribution in [0.5, 0.6) is 5.75 Å². The van der Waals surface area contributed by atoms with Crippen LogP contribution in [0.1, 0.15) is 53.6 Å². The number of amides is 1. The standard InChI is InChI=1S/C31H28N2O4S/c1-19(2)22-7-9-23(10-8-22)27-26(29(35)30(36)33(27)31-32-15-16-38-31)28(34)24-11-13-25(14-12-24)37-18-21-6-4-5-20(3)17-21/h4-17,19,27,34H,18H2,1-3H3/b28-26+/t27-/m1/s1. The van der Waals surface area contributed by atoms with Crippen LogP contribution in [0.15, 0.2) is 89.9 Å². The largest absolute Gasteiger partial charge is 0.507 e. The fraction of sp³-hybridized carbons (Fsp3) is 0.194. The Bertz CT molecular complexity index is 1490. The van der Waals surface area contributed by atoms with Crippen molar-refractivity contribution in [2.45, 2.75) is 39.3 Å². The van der Waals surface area contributed by atoms with Crippen LogP contribution in [0.3, 0.4) is 0 Å². The number of hydrogen-bond acceptors (Lipinski definition) is 6. The number of Topliss-reactive ketones (excluding diaryl/α,β-unsaturated/α-hetero) is 1. The number of ether oxygens (including phenoxy) is 1. The van der Waals surface area contributed by atoms with Gasteiger partial charge < -0.3 is 9.84 Å². The average Bonchev–Trinajstić information content (AvgIpc) is 3.54. The second-order valence-corrected chi connectivity index (χ2v) is 10.5. The number of anilines is 1. The normalized spacial score (nSPS) is 16.8. The van der Waals surface area contributed by atoms with E-state index in [1.807, 2.05) is 49.4 Å². The molecule has 1 amide bonds. The maximum Gasteiger partial charge on any atom is 0.301 e. The summed E-state index contributed by atoms with van der Waals surface area (Å²) in [5.74, 6) is -0.716. The summed E-state index contributed by atoms with van der Waals surface area (Å²) in [4.78, 5) is 32.1. The molecule has 0 aliphatic carbocycles. The number of aryl methyl sites for hydroxylation is 1. The molecule has 1 aromatic heterocycles. The summed E-state index contributed by atoms with van der Waals surface area (Å²) in [6, 6.07) is 22.0. The lowest BCUT2D eigenvalue weighted by molar-refractivity contribution is -0.132. The highest BCUT2D eigenvalue weighted by molar-refractivity contribution is 7.14. The highest BCUT2D eigenvalue weighted by Gasteiger charge is 2.47. The Hall–Kier alpha value is -4.23. The lowest BCUT2D eigenvalue weighted by Crippen LogP contribution is -2.29. The molecular weight excluding hydrogens is 496 g/mol. The number of rotatable bonds is 7. The van der Waals surface area contributed by atoms with Gasteiger partial charge in [0, 0.05) is 17.1 Å². The number of ketones is 1. The van der Waals surface area contributed by atoms with Gasteiger partial charge in [-0.25, -0.2) is 4.98 Å². The SMILES string of the molecule is Cc1cccc(COc2ccc(/C(O)=C3\C(=O)C(=O)N(c4nccs4)[C@@H]3c3ccc(C(C)C)cc3)cc2)c1. The van der Waals surface area contributed by atoms with Crippen LogP contribution in [0.2, 0.25) is 0 Å². The molecule has 0 saturated carbocycles. The number of aliphatic hydroxyl groups excluding tert-OH is 1. The zero-order valence-electron chi connectivity index (χ0n) is 21.4. The minimum absolute atomic E-state index is 0.0379. The van der Waals surface area contributed by atoms with E-state index in [1.54, 1.807) is 35.8 Å². The summed E-state index contributed by atoms with van der Waals surface area (Å²) in [5.41, 5.74) is 4.55. The van der Waals surface area contributed by atoms with Gasteiger partial charge in [0.05, 0.1) is 11.6 Å². The Kier molecular flexibility index (Phi) is 7.11. The number of nitrogens with zero attached hydrogens (tertiary/aromatic N) is 2. The van der Waals surface area contributed by atoms with E-state index in [4.69, 9.17) is 4.74 Å². The molecule has 1 aliphatic heterocycles. The highest BCUT2D eigenvalue weighted by atomic mass is 32.1. The van der Waals surface area contributed by atoms with Crippen molar-refractivity contribution in [2.75, 3.05) is 4.90 Å². The first-order chi connectivity index (χ1) is 18.3. The monoisotopic (exact) mass is 524 g/mol. The lowest BCUT2D eigenvalue weighted by Gasteiger charge is -2.23. The Balaban J connectivity index is 1.49. The summed E-state index contributed by atoms with van der Waals surface area (Å²) in [6.45, 7) is 6.65. The zero-order chi connectivity index (χ0) is 26.8. The summed E-state index contributed by atoms with van der Waals surface area (Å²) in [5, 5.41) is 13.5. The predicted octanol–water partition coefficient (Wildman–Crippen LogP) is 6.78. The first-order valence-corrected chi connectivity index (χ1v) is 13.3. The molecule has 7 heteroatoms. The minimum Gasteiger partial charge on any atom is -0.507 e. The molecule has 1 fully saturated rings. The van der Waals surface area contributed by atoms with E-state index < -0.39 is 17.7 Å². The van der Waals surface area contributed by atoms with Crippen LogP contribution in [0.4, 0.5) is 5.13 Å². The fourth-order valence-corrected chi connectivity index (χ4v) is 5.24. The number of aliphatic hydroxyl groups is 1. The van der Waals surface area contributed by atoms with Crippen LogP contribution in [-0.2, 0) is 16.2 Å². The van der Waals surface area contributed by atoms with E-state index in [2.05, 4.69) is 24.9 Å². The van der Waals surface area contributed by atoms with E-state index in [0.29, 0.717) is 29.0 Å². The second kappa shape index (κ2) is 10.6. The van der Waals surface area contributed by atoms with Crippen LogP contribution < -0.4 is 9.64 Å². The van der Waals surface area contributed by atoms with Gasteiger partial charge in [-0.15, -0.1) is 11.3 Å². The number of benzene rings is 3. The second-order valence-electron chi connectivity index (χ2n) is 9.61. The van der Waals surface area contributed by atoms with Gasteiger partial charge in [-0.2, -0.15) is 0 Å². The number of carbonyl (C=O) groups excluding carboxylic acids is 2. The van der Waals surface area contributed by atoms with Gasteiger partial charge >= 0.3 is 5.91 Å². The molecule has 1 saturated heterocycles. The van der Waals surface area contributed by atoms with Gasteiger partial charge in [-0.1, -0.05) is 67.9 Å². The molecule has 0 spiro atoms. The Morgan fingerprint density at radius 2 is 1.79 bits per heavy atom. The van der Waals surface area contributed by atoms with E-state index in [-0.39, 0.29) is 11.3 Å². The molecule has 0 bridgehead atoms. The molecule has 1 atom stereocenters. The quantitative estimate of drug-likeness (QED) is 0.164. The van der Waals surface area contributed by atoms with Crippen molar-refractivity contribution in [3.05, 3.63) is 118 Å². The Labute approximate surface area is 225 Å². The van der Waals surface area contributed by atoms with Gasteiger partial charge in [-0.3, -0.25) is 14.5 Å². The summed E-state index contributed by atoms with van der Waals surface area (Å²) >= 11 is 1.27. The predicted molar refractivity (Wildman–Crippen MR) is 149 cm³/mol. The zero-order valence-corrected chi connectivity index (χ0v) is 22.2. The minimum atomic E-state index is -0.792. The maximum absolute atomic E-state index is 13.3. The lowest BCUT2D eigenvalue weighted by atomic mass is 9.93. The number of carbonyl (C=O) groups is 2. The summed E-state index contributed by atoms with van der Waals surface area (Å²) < 4.78 is 5.90. The van der Waals surface area contributed by atoms with Gasteiger partial charge in [0.15, 0.2) is 5.13 Å². The number of aromatic nitrogens is 1. The molecular formula is C31H28N2O4S. The van der Waals surface area contributed by atoms with Crippen LogP contribution in [-0.4, -0.2) is 21.8 Å². The van der Waals surface area contributed by atoms with Gasteiger partial charge in [0.1, 0.15) is 18.1 Å². The van der Waals surface area contributed by atoms with Crippen molar-refractivity contribution in [2.24, 2.45) is 0 Å². The van der Waals surface area contributed by atoms with Crippen molar-refractivity contribution in [3.8, 4) is 5.75 Å². The van der Waals surface area contributed by atoms with Crippen molar-refractivity contribution in [3.63, 3.8) is 0 Å². The van der Waals surface area contributed by atoms with Gasteiger partial charge in [0.25, 0.3) is 5.78 Å². The molecule has 38 heavy (non-hydrogen) atoms. The molecule has 1 N–H and O–H groups in total. The maximum atomic E-state index is 13.3. The van der Waals surface area contributed by atoms with Crippen molar-refractivity contribution in [1.29, 1.82) is 0 Å². The molecule has 5 rings (SSSR count). The number of hydrogen-bond donors (Lipinski definition) is 1. The van der Waals surface area contributed by atoms with E-state index in [0.717, 1.165) is 22.3 Å². The molecule has 0 radical (unpaired) electrons. The molecule has 192 valence electrons. The van der Waals surface area contributed by atoms with Crippen LogP contribution in [0, 0.1) is 6.92 Å². The summed E-state index contributed by atoms with van der Waals surface area (Å²) in [7, 11) is 0. The van der Waals surface area contributed by atoms with Crippen LogP contribution >= 0.6 is 11.3 Å². The highest BCUT2D eigenvalue weighted by Crippen LogP contribution is 2.43. The van der Waals surface area contributed by atoms with E-state index >= 15 is 0 Å².